The summed E-state index contributed by atoms with van der Waals surface area (Å²) < 4.78 is 6.35. The van der Waals surface area contributed by atoms with Crippen LogP contribution >= 0.6 is 23.4 Å². The minimum atomic E-state index is -0.326. The summed E-state index contributed by atoms with van der Waals surface area (Å²) in [6.07, 6.45) is 1.54. The van der Waals surface area contributed by atoms with Crippen molar-refractivity contribution in [3.63, 3.8) is 0 Å². The average molecular weight is 428 g/mol. The molecule has 1 N–H and O–H groups in total. The van der Waals surface area contributed by atoms with E-state index in [9.17, 15) is 9.59 Å². The fourth-order valence-corrected chi connectivity index (χ4v) is 3.59. The predicted octanol–water partition coefficient (Wildman–Crippen LogP) is 3.46. The summed E-state index contributed by atoms with van der Waals surface area (Å²) in [5.41, 5.74) is 0.953. The van der Waals surface area contributed by atoms with Gasteiger partial charge in [0.25, 0.3) is 5.56 Å². The first-order chi connectivity index (χ1) is 14.0. The number of aromatic nitrogens is 4. The molecule has 1 aromatic carbocycles. The first-order valence-electron chi connectivity index (χ1n) is 8.51. The van der Waals surface area contributed by atoms with E-state index in [0.717, 1.165) is 11.8 Å². The summed E-state index contributed by atoms with van der Waals surface area (Å²) in [7, 11) is 0. The molecule has 0 saturated heterocycles. The van der Waals surface area contributed by atoms with Crippen LogP contribution in [0.5, 0.6) is 0 Å². The third-order valence-corrected chi connectivity index (χ3v) is 5.10. The maximum absolute atomic E-state index is 13.1. The molecule has 1 amide bonds. The quantitative estimate of drug-likeness (QED) is 0.384. The van der Waals surface area contributed by atoms with Gasteiger partial charge in [-0.05, 0) is 43.3 Å². The molecule has 0 spiro atoms. The van der Waals surface area contributed by atoms with Crippen molar-refractivity contribution < 1.29 is 9.32 Å². The van der Waals surface area contributed by atoms with Gasteiger partial charge < -0.3 is 9.84 Å². The molecule has 29 heavy (non-hydrogen) atoms. The normalized spacial score (nSPS) is 11.0. The van der Waals surface area contributed by atoms with Gasteiger partial charge >= 0.3 is 0 Å². The number of hydrogen-bond acceptors (Lipinski definition) is 7. The number of nitrogens with zero attached hydrogens (tertiary/aromatic N) is 4. The van der Waals surface area contributed by atoms with Crippen molar-refractivity contribution in [3.8, 4) is 5.69 Å². The Balaban J connectivity index is 1.68. The van der Waals surface area contributed by atoms with E-state index in [2.05, 4.69) is 20.4 Å². The molecule has 4 rings (SSSR count). The third kappa shape index (κ3) is 4.15. The van der Waals surface area contributed by atoms with Crippen molar-refractivity contribution in [1.82, 2.24) is 19.7 Å². The van der Waals surface area contributed by atoms with Gasteiger partial charge in [0.1, 0.15) is 5.76 Å². The van der Waals surface area contributed by atoms with Gasteiger partial charge in [-0.25, -0.2) is 9.97 Å². The molecular formula is C19H14ClN5O3S. The van der Waals surface area contributed by atoms with Crippen LogP contribution in [0.1, 0.15) is 5.76 Å². The van der Waals surface area contributed by atoms with E-state index in [0.29, 0.717) is 33.0 Å². The van der Waals surface area contributed by atoms with Crippen molar-refractivity contribution in [2.24, 2.45) is 0 Å². The molecule has 0 unspecified atom stereocenters. The molecular weight excluding hydrogens is 414 g/mol. The highest BCUT2D eigenvalue weighted by atomic mass is 35.5. The Labute approximate surface area is 173 Å². The number of aryl methyl sites for hydroxylation is 1. The Morgan fingerprint density at radius 3 is 2.79 bits per heavy atom. The number of carbonyl (C=O) groups excluding carboxylic acids is 1. The zero-order valence-electron chi connectivity index (χ0n) is 15.1. The number of rotatable bonds is 5. The second-order valence-corrected chi connectivity index (χ2v) is 7.42. The molecule has 0 aliphatic rings. The maximum Gasteiger partial charge on any atom is 0.285 e. The zero-order valence-corrected chi connectivity index (χ0v) is 16.7. The molecule has 146 valence electrons. The predicted molar refractivity (Wildman–Crippen MR) is 111 cm³/mol. The Kier molecular flexibility index (Phi) is 5.32. The highest BCUT2D eigenvalue weighted by molar-refractivity contribution is 7.99. The van der Waals surface area contributed by atoms with Gasteiger partial charge in [0, 0.05) is 17.3 Å². The molecule has 3 heterocycles. The van der Waals surface area contributed by atoms with Gasteiger partial charge in [-0.15, -0.1) is 0 Å². The summed E-state index contributed by atoms with van der Waals surface area (Å²) in [6, 6.07) is 11.8. The molecule has 0 bridgehead atoms. The molecule has 0 atom stereocenters. The van der Waals surface area contributed by atoms with Crippen LogP contribution in [0.25, 0.3) is 16.7 Å². The van der Waals surface area contributed by atoms with Crippen LogP contribution in [0.4, 0.5) is 5.82 Å². The average Bonchev–Trinajstić information content (AvgIpc) is 3.12. The highest BCUT2D eigenvalue weighted by Gasteiger charge is 2.16. The minimum absolute atomic E-state index is 0.0255. The zero-order chi connectivity index (χ0) is 20.4. The van der Waals surface area contributed by atoms with E-state index in [1.54, 1.807) is 49.4 Å². The molecule has 3 aromatic heterocycles. The number of thioether (sulfide) groups is 1. The fraction of sp³-hybridized carbons (Fsp3) is 0.105. The van der Waals surface area contributed by atoms with Gasteiger partial charge in [0.05, 0.1) is 17.0 Å². The first-order valence-corrected chi connectivity index (χ1v) is 9.87. The molecule has 0 fully saturated rings. The largest absolute Gasteiger partial charge is 0.360 e. The number of benzene rings is 1. The Morgan fingerprint density at radius 2 is 2.07 bits per heavy atom. The van der Waals surface area contributed by atoms with Crippen LogP contribution in [0.2, 0.25) is 5.02 Å². The molecule has 4 aromatic rings. The van der Waals surface area contributed by atoms with Crippen molar-refractivity contribution in [3.05, 3.63) is 69.8 Å². The van der Waals surface area contributed by atoms with E-state index in [4.69, 9.17) is 16.1 Å². The summed E-state index contributed by atoms with van der Waals surface area (Å²) >= 11 is 7.10. The van der Waals surface area contributed by atoms with Gasteiger partial charge in [-0.2, -0.15) is 0 Å². The number of nitrogens with one attached hydrogen (secondary N) is 1. The molecule has 0 aliphatic heterocycles. The van der Waals surface area contributed by atoms with Crippen LogP contribution in [0.15, 0.2) is 63.1 Å². The van der Waals surface area contributed by atoms with Gasteiger partial charge in [0.2, 0.25) is 5.91 Å². The van der Waals surface area contributed by atoms with E-state index in [-0.39, 0.29) is 22.7 Å². The summed E-state index contributed by atoms with van der Waals surface area (Å²) in [5, 5.41) is 7.28. The van der Waals surface area contributed by atoms with Crippen LogP contribution in [0, 0.1) is 6.92 Å². The monoisotopic (exact) mass is 427 g/mol. The highest BCUT2D eigenvalue weighted by Crippen LogP contribution is 2.22. The summed E-state index contributed by atoms with van der Waals surface area (Å²) in [5.74, 6) is 0.649. The number of fused-ring (bicyclic) bond motifs is 1. The number of anilines is 1. The van der Waals surface area contributed by atoms with Crippen molar-refractivity contribution in [2.75, 3.05) is 11.1 Å². The third-order valence-electron chi connectivity index (χ3n) is 3.91. The Bertz CT molecular complexity index is 1250. The topological polar surface area (TPSA) is 103 Å². The lowest BCUT2D eigenvalue weighted by Crippen LogP contribution is -2.23. The summed E-state index contributed by atoms with van der Waals surface area (Å²) in [6.45, 7) is 1.73. The number of amides is 1. The number of carbonyl (C=O) groups is 1. The smallest absolute Gasteiger partial charge is 0.285 e. The van der Waals surface area contributed by atoms with Crippen LogP contribution in [-0.4, -0.2) is 31.4 Å². The van der Waals surface area contributed by atoms with Gasteiger partial charge in [-0.1, -0.05) is 28.5 Å². The van der Waals surface area contributed by atoms with Crippen LogP contribution in [0.3, 0.4) is 0 Å². The van der Waals surface area contributed by atoms with Crippen molar-refractivity contribution in [1.29, 1.82) is 0 Å². The Hall–Kier alpha value is -3.17. The molecule has 10 heteroatoms. The second-order valence-electron chi connectivity index (χ2n) is 6.04. The summed E-state index contributed by atoms with van der Waals surface area (Å²) in [4.78, 5) is 34.0. The molecule has 0 radical (unpaired) electrons. The number of halogens is 1. The molecule has 0 aliphatic carbocycles. The second kappa shape index (κ2) is 8.06. The molecule has 8 nitrogen and oxygen atoms in total. The maximum atomic E-state index is 13.1. The number of pyridine rings is 1. The van der Waals surface area contributed by atoms with Gasteiger partial charge in [-0.3, -0.25) is 14.2 Å². The molecule has 0 saturated carbocycles. The standard InChI is InChI=1S/C19H14ClN5O3S/c1-11-9-15(24-28-11)23-16(26)10-29-19-22-14-3-2-8-21-17(14)18(27)25(19)13-6-4-12(20)5-7-13/h2-9H,10H2,1H3,(H,23,24,26). The first kappa shape index (κ1) is 19.2. The lowest BCUT2D eigenvalue weighted by molar-refractivity contribution is -0.113. The Morgan fingerprint density at radius 1 is 1.28 bits per heavy atom. The van der Waals surface area contributed by atoms with Crippen molar-refractivity contribution in [2.45, 2.75) is 12.1 Å². The number of hydrogen-bond donors (Lipinski definition) is 1. The SMILES string of the molecule is Cc1cc(NC(=O)CSc2nc3cccnc3c(=O)n2-c2ccc(Cl)cc2)no1. The van der Waals surface area contributed by atoms with E-state index >= 15 is 0 Å². The lowest BCUT2D eigenvalue weighted by atomic mass is 10.3. The minimum Gasteiger partial charge on any atom is -0.360 e. The van der Waals surface area contributed by atoms with Crippen LogP contribution < -0.4 is 10.9 Å². The van der Waals surface area contributed by atoms with E-state index < -0.39 is 0 Å². The van der Waals surface area contributed by atoms with E-state index in [1.165, 1.54) is 10.8 Å². The van der Waals surface area contributed by atoms with Crippen LogP contribution in [-0.2, 0) is 4.79 Å². The fourth-order valence-electron chi connectivity index (χ4n) is 2.65. The van der Waals surface area contributed by atoms with E-state index in [1.807, 2.05) is 0 Å². The van der Waals surface area contributed by atoms with Gasteiger partial charge in [0.15, 0.2) is 16.5 Å². The lowest BCUT2D eigenvalue weighted by Gasteiger charge is -2.12. The van der Waals surface area contributed by atoms with Crippen molar-refractivity contribution >= 4 is 46.1 Å².